The van der Waals surface area contributed by atoms with Gasteiger partial charge in [0.05, 0.1) is 22.5 Å². The number of carbonyl (C=O) groups excluding carboxylic acids is 2. The summed E-state index contributed by atoms with van der Waals surface area (Å²) in [7, 11) is 0. The van der Waals surface area contributed by atoms with Crippen LogP contribution < -0.4 is 10.7 Å². The summed E-state index contributed by atoms with van der Waals surface area (Å²) in [5.74, 6) is -16.2. The Bertz CT molecular complexity index is 1710. The van der Waals surface area contributed by atoms with Gasteiger partial charge in [0.15, 0.2) is 0 Å². The zero-order valence-corrected chi connectivity index (χ0v) is 22.0. The van der Waals surface area contributed by atoms with Gasteiger partial charge in [-0.05, 0) is 42.8 Å². The number of hydrogen-bond acceptors (Lipinski definition) is 4. The molecule has 0 aliphatic heterocycles. The lowest BCUT2D eigenvalue weighted by molar-refractivity contribution is -0.343. The number of pyridine rings is 1. The highest BCUT2D eigenvalue weighted by Gasteiger charge is 2.76. The Hall–Kier alpha value is -4.52. The second kappa shape index (κ2) is 11.4. The topological polar surface area (TPSA) is 83.4 Å². The van der Waals surface area contributed by atoms with Crippen molar-refractivity contribution >= 4 is 45.7 Å². The van der Waals surface area contributed by atoms with Gasteiger partial charge in [0.1, 0.15) is 0 Å². The van der Waals surface area contributed by atoms with Crippen molar-refractivity contribution in [3.05, 3.63) is 95.0 Å². The van der Waals surface area contributed by atoms with Gasteiger partial charge in [0.2, 0.25) is 0 Å². The first-order chi connectivity index (χ1) is 19.6. The van der Waals surface area contributed by atoms with Crippen molar-refractivity contribution in [3.63, 3.8) is 0 Å². The molecule has 2 N–H and O–H groups in total. The summed E-state index contributed by atoms with van der Waals surface area (Å²) in [5, 5.41) is 6.25. The monoisotopic (exact) mass is 610 g/mol. The number of aromatic nitrogens is 1. The number of anilines is 1. The lowest BCUT2D eigenvalue weighted by Gasteiger charge is -2.27. The number of fused-ring (bicyclic) bond motifs is 1. The van der Waals surface area contributed by atoms with E-state index in [1.807, 2.05) is 0 Å². The maximum absolute atomic E-state index is 13.7. The van der Waals surface area contributed by atoms with Gasteiger partial charge in [0.25, 0.3) is 5.91 Å². The van der Waals surface area contributed by atoms with Crippen LogP contribution in [0.25, 0.3) is 22.2 Å². The predicted octanol–water partition coefficient (Wildman–Crippen LogP) is 7.48. The van der Waals surface area contributed by atoms with Crippen molar-refractivity contribution in [3.8, 4) is 11.3 Å². The number of benzene rings is 3. The number of hydrazone groups is 1. The minimum absolute atomic E-state index is 0.0801. The van der Waals surface area contributed by atoms with Gasteiger partial charge in [-0.15, -0.1) is 0 Å². The largest absolute Gasteiger partial charge is 0.460 e. The van der Waals surface area contributed by atoms with Crippen LogP contribution in [0.15, 0.2) is 84.0 Å². The number of para-hydroxylation sites is 1. The van der Waals surface area contributed by atoms with E-state index in [0.717, 1.165) is 12.1 Å². The van der Waals surface area contributed by atoms with Gasteiger partial charge in [0, 0.05) is 21.7 Å². The van der Waals surface area contributed by atoms with Crippen LogP contribution in [-0.4, -0.2) is 40.5 Å². The Morgan fingerprint density at radius 2 is 1.52 bits per heavy atom. The average Bonchev–Trinajstić information content (AvgIpc) is 2.94. The first-order valence-corrected chi connectivity index (χ1v) is 12.2. The summed E-state index contributed by atoms with van der Waals surface area (Å²) in [6.45, 7) is 1.40. The highest BCUT2D eigenvalue weighted by atomic mass is 35.5. The van der Waals surface area contributed by atoms with Crippen LogP contribution in [-0.2, 0) is 4.79 Å². The third-order valence-electron chi connectivity index (χ3n) is 6.01. The highest BCUT2D eigenvalue weighted by molar-refractivity contribution is 6.33. The molecule has 4 rings (SSSR count). The fourth-order valence-corrected chi connectivity index (χ4v) is 4.01. The average molecular weight is 611 g/mol. The summed E-state index contributed by atoms with van der Waals surface area (Å²) < 4.78 is 91.1. The van der Waals surface area contributed by atoms with Gasteiger partial charge in [-0.25, -0.2) is 10.4 Å². The predicted molar refractivity (Wildman–Crippen MR) is 143 cm³/mol. The van der Waals surface area contributed by atoms with Gasteiger partial charge in [-0.1, -0.05) is 60.1 Å². The summed E-state index contributed by atoms with van der Waals surface area (Å²) in [4.78, 5) is 29.4. The zero-order valence-electron chi connectivity index (χ0n) is 21.2. The molecular formula is C28H18ClF7N4O2. The van der Waals surface area contributed by atoms with Crippen molar-refractivity contribution in [1.29, 1.82) is 0 Å². The molecule has 3 aromatic carbocycles. The number of hydrogen-bond donors (Lipinski definition) is 2. The standard InChI is InChI=1S/C28H18ClF7N4O2/c1-15(16-7-6-8-17(13-16)37-25(42)26(30,31)27(32,33)28(34,35)36)39-40-24(41)20-14-23(19-10-2-4-11-21(19)29)38-22-12-5-3-9-18(20)22/h2-14H,1H3,(H,37,42)(H,40,41)/b39-15+. The third kappa shape index (κ3) is 5.91. The fraction of sp³-hybridized carbons (Fsp3) is 0.143. The Kier molecular flexibility index (Phi) is 8.26. The van der Waals surface area contributed by atoms with E-state index in [4.69, 9.17) is 11.6 Å². The van der Waals surface area contributed by atoms with Crippen LogP contribution in [0.2, 0.25) is 5.02 Å². The number of alkyl halides is 7. The Morgan fingerprint density at radius 1 is 0.857 bits per heavy atom. The van der Waals surface area contributed by atoms with Gasteiger partial charge < -0.3 is 5.32 Å². The summed E-state index contributed by atoms with van der Waals surface area (Å²) in [6.07, 6.45) is -6.66. The van der Waals surface area contributed by atoms with E-state index < -0.39 is 35.5 Å². The number of rotatable bonds is 7. The van der Waals surface area contributed by atoms with Crippen LogP contribution in [0, 0.1) is 0 Å². The first-order valence-electron chi connectivity index (χ1n) is 11.9. The van der Waals surface area contributed by atoms with Crippen molar-refractivity contribution in [2.45, 2.75) is 24.9 Å². The van der Waals surface area contributed by atoms with Crippen LogP contribution >= 0.6 is 11.6 Å². The smallest absolute Gasteiger partial charge is 0.321 e. The number of carbonyl (C=O) groups is 2. The van der Waals surface area contributed by atoms with E-state index in [9.17, 15) is 40.3 Å². The molecule has 0 bridgehead atoms. The normalized spacial score (nSPS) is 12.7. The molecule has 0 spiro atoms. The molecule has 0 saturated carbocycles. The van der Waals surface area contributed by atoms with Crippen molar-refractivity contribution in [1.82, 2.24) is 10.4 Å². The molecule has 42 heavy (non-hydrogen) atoms. The molecule has 14 heteroatoms. The van der Waals surface area contributed by atoms with E-state index in [1.165, 1.54) is 30.4 Å². The molecule has 1 heterocycles. The molecule has 0 radical (unpaired) electrons. The van der Waals surface area contributed by atoms with E-state index in [1.54, 1.807) is 48.5 Å². The van der Waals surface area contributed by atoms with Crippen LogP contribution in [0.5, 0.6) is 0 Å². The number of amides is 2. The number of halogens is 8. The maximum atomic E-state index is 13.7. The van der Waals surface area contributed by atoms with E-state index in [-0.39, 0.29) is 16.8 Å². The second-order valence-corrected chi connectivity index (χ2v) is 9.28. The van der Waals surface area contributed by atoms with Crippen LogP contribution in [0.4, 0.5) is 36.4 Å². The van der Waals surface area contributed by atoms with E-state index in [0.29, 0.717) is 27.2 Å². The number of nitrogens with zero attached hydrogens (tertiary/aromatic N) is 2. The van der Waals surface area contributed by atoms with Crippen LogP contribution in [0.3, 0.4) is 0 Å². The molecule has 1 aromatic heterocycles. The number of nitrogens with one attached hydrogen (secondary N) is 2. The Morgan fingerprint density at radius 3 is 2.21 bits per heavy atom. The molecule has 4 aromatic rings. The van der Waals surface area contributed by atoms with E-state index in [2.05, 4.69) is 15.5 Å². The van der Waals surface area contributed by atoms with Crippen molar-refractivity contribution in [2.24, 2.45) is 5.10 Å². The second-order valence-electron chi connectivity index (χ2n) is 8.87. The van der Waals surface area contributed by atoms with Gasteiger partial charge >= 0.3 is 23.9 Å². The molecule has 6 nitrogen and oxygen atoms in total. The molecule has 0 aliphatic carbocycles. The quantitative estimate of drug-likeness (QED) is 0.129. The minimum Gasteiger partial charge on any atom is -0.321 e. The Balaban J connectivity index is 1.58. The van der Waals surface area contributed by atoms with E-state index >= 15 is 0 Å². The summed E-state index contributed by atoms with van der Waals surface area (Å²) in [5.41, 5.74) is 3.74. The summed E-state index contributed by atoms with van der Waals surface area (Å²) in [6, 6.07) is 19.8. The lowest BCUT2D eigenvalue weighted by Crippen LogP contribution is -2.57. The van der Waals surface area contributed by atoms with Gasteiger partial charge in [-0.2, -0.15) is 35.8 Å². The fourth-order valence-electron chi connectivity index (χ4n) is 3.78. The Labute approximate surface area is 238 Å². The van der Waals surface area contributed by atoms with Crippen molar-refractivity contribution < 1.29 is 40.3 Å². The molecular weight excluding hydrogens is 593 g/mol. The molecule has 0 aliphatic rings. The zero-order chi connectivity index (χ0) is 30.9. The maximum Gasteiger partial charge on any atom is 0.460 e. The van der Waals surface area contributed by atoms with Gasteiger partial charge in [-0.3, -0.25) is 9.59 Å². The molecule has 0 atom stereocenters. The molecule has 2 amide bonds. The summed E-state index contributed by atoms with van der Waals surface area (Å²) >= 11 is 6.31. The molecule has 0 fully saturated rings. The van der Waals surface area contributed by atoms with Crippen LogP contribution in [0.1, 0.15) is 22.8 Å². The molecule has 0 unspecified atom stereocenters. The van der Waals surface area contributed by atoms with Crippen molar-refractivity contribution in [2.75, 3.05) is 5.32 Å². The lowest BCUT2D eigenvalue weighted by atomic mass is 10.0. The first kappa shape index (κ1) is 30.4. The minimum atomic E-state index is -6.66. The molecule has 218 valence electrons. The third-order valence-corrected chi connectivity index (χ3v) is 6.34. The highest BCUT2D eigenvalue weighted by Crippen LogP contribution is 2.47. The SMILES string of the molecule is C/C(=N\NC(=O)c1cc(-c2ccccc2Cl)nc2ccccc12)c1cccc(NC(=O)C(F)(F)C(F)(F)C(F)(F)F)c1. The molecule has 0 saturated heterocycles.